The van der Waals surface area contributed by atoms with E-state index in [1.807, 2.05) is 29.2 Å². The quantitative estimate of drug-likeness (QED) is 0.770. The molecule has 1 aromatic heterocycles. The molecule has 0 bridgehead atoms. The number of amides is 1. The summed E-state index contributed by atoms with van der Waals surface area (Å²) in [6, 6.07) is 5.63. The van der Waals surface area contributed by atoms with Crippen LogP contribution in [-0.4, -0.2) is 17.4 Å². The second kappa shape index (κ2) is 3.96. The van der Waals surface area contributed by atoms with Crippen molar-refractivity contribution in [3.63, 3.8) is 0 Å². The summed E-state index contributed by atoms with van der Waals surface area (Å²) in [5.74, 6) is 0.382. The smallest absolute Gasteiger partial charge is 0.250 e. The lowest BCUT2D eigenvalue weighted by atomic mass is 10.2. The molecule has 2 N–H and O–H groups in total. The normalized spacial score (nSPS) is 14.9. The van der Waals surface area contributed by atoms with E-state index >= 15 is 0 Å². The average Bonchev–Trinajstić information content (AvgIpc) is 2.30. The lowest BCUT2D eigenvalue weighted by Gasteiger charge is -2.20. The molecule has 0 aliphatic carbocycles. The number of primary amides is 1. The van der Waals surface area contributed by atoms with Gasteiger partial charge in [0.25, 0.3) is 0 Å². The highest BCUT2D eigenvalue weighted by Gasteiger charge is 2.10. The summed E-state index contributed by atoms with van der Waals surface area (Å²) in [5.41, 5.74) is 5.69. The van der Waals surface area contributed by atoms with Crippen molar-refractivity contribution < 1.29 is 4.79 Å². The van der Waals surface area contributed by atoms with E-state index in [1.165, 1.54) is 0 Å². The van der Waals surface area contributed by atoms with Crippen LogP contribution in [0.3, 0.4) is 0 Å². The van der Waals surface area contributed by atoms with Crippen LogP contribution in [0.25, 0.3) is 0 Å². The van der Waals surface area contributed by atoms with Gasteiger partial charge in [0.1, 0.15) is 5.82 Å². The zero-order valence-corrected chi connectivity index (χ0v) is 8.13. The Labute approximate surface area is 87.7 Å². The molecular weight excluding hydrogens is 190 g/mol. The largest absolute Gasteiger partial charge is 0.366 e. The fourth-order valence-corrected chi connectivity index (χ4v) is 1.39. The summed E-state index contributed by atoms with van der Waals surface area (Å²) in [7, 11) is 0. The van der Waals surface area contributed by atoms with Crippen molar-refractivity contribution in [2.45, 2.75) is 0 Å². The third-order valence-electron chi connectivity index (χ3n) is 2.12. The van der Waals surface area contributed by atoms with Crippen molar-refractivity contribution in [2.24, 2.45) is 5.73 Å². The van der Waals surface area contributed by atoms with E-state index in [4.69, 9.17) is 5.73 Å². The van der Waals surface area contributed by atoms with Gasteiger partial charge in [0, 0.05) is 18.9 Å². The van der Waals surface area contributed by atoms with E-state index in [0.29, 0.717) is 12.1 Å². The topological polar surface area (TPSA) is 59.2 Å². The standard InChI is InChI=1S/C11H11N3O/c12-11(15)9-4-3-7-14(8-9)10-5-1-2-6-13-10/h1-6,8H,7H2,(H2,12,15). The maximum Gasteiger partial charge on any atom is 0.250 e. The van der Waals surface area contributed by atoms with Crippen molar-refractivity contribution in [1.82, 2.24) is 4.98 Å². The van der Waals surface area contributed by atoms with Crippen LogP contribution in [0.15, 0.2) is 48.3 Å². The number of nitrogens with two attached hydrogens (primary N) is 1. The Morgan fingerprint density at radius 3 is 3.00 bits per heavy atom. The van der Waals surface area contributed by atoms with E-state index < -0.39 is 5.91 Å². The van der Waals surface area contributed by atoms with E-state index in [2.05, 4.69) is 4.98 Å². The van der Waals surface area contributed by atoms with Gasteiger partial charge in [-0.1, -0.05) is 18.2 Å². The molecule has 0 aromatic carbocycles. The first kappa shape index (κ1) is 9.45. The van der Waals surface area contributed by atoms with Gasteiger partial charge < -0.3 is 10.6 Å². The van der Waals surface area contributed by atoms with Gasteiger partial charge in [-0.3, -0.25) is 4.79 Å². The predicted octanol–water partition coefficient (Wildman–Crippen LogP) is 0.827. The fourth-order valence-electron chi connectivity index (χ4n) is 1.39. The molecule has 0 fully saturated rings. The molecule has 0 unspecified atom stereocenters. The molecule has 4 heteroatoms. The third kappa shape index (κ3) is 2.04. The van der Waals surface area contributed by atoms with Gasteiger partial charge in [-0.15, -0.1) is 0 Å². The van der Waals surface area contributed by atoms with Crippen LogP contribution >= 0.6 is 0 Å². The number of rotatable bonds is 2. The van der Waals surface area contributed by atoms with E-state index in [1.54, 1.807) is 18.5 Å². The number of nitrogens with zero attached hydrogens (tertiary/aromatic N) is 2. The van der Waals surface area contributed by atoms with E-state index in [0.717, 1.165) is 5.82 Å². The van der Waals surface area contributed by atoms with Crippen molar-refractivity contribution in [2.75, 3.05) is 11.4 Å². The monoisotopic (exact) mass is 201 g/mol. The summed E-state index contributed by atoms with van der Waals surface area (Å²) in [6.45, 7) is 0.702. The molecular formula is C11H11N3O. The molecule has 0 atom stereocenters. The SMILES string of the molecule is NC(=O)C1=CN(c2ccccn2)CC=C1. The molecule has 0 spiro atoms. The van der Waals surface area contributed by atoms with Gasteiger partial charge in [0.2, 0.25) is 5.91 Å². The van der Waals surface area contributed by atoms with Crippen molar-refractivity contribution >= 4 is 11.7 Å². The van der Waals surface area contributed by atoms with Crippen LogP contribution in [0.2, 0.25) is 0 Å². The average molecular weight is 201 g/mol. The molecule has 15 heavy (non-hydrogen) atoms. The Morgan fingerprint density at radius 1 is 1.47 bits per heavy atom. The number of hydrogen-bond donors (Lipinski definition) is 1. The first-order valence-corrected chi connectivity index (χ1v) is 4.63. The van der Waals surface area contributed by atoms with E-state index in [9.17, 15) is 4.79 Å². The first-order valence-electron chi connectivity index (χ1n) is 4.63. The second-order valence-electron chi connectivity index (χ2n) is 3.19. The zero-order chi connectivity index (χ0) is 10.7. The Hall–Kier alpha value is -2.10. The van der Waals surface area contributed by atoms with Gasteiger partial charge in [-0.25, -0.2) is 4.98 Å². The number of aromatic nitrogens is 1. The van der Waals surface area contributed by atoms with Crippen molar-refractivity contribution in [3.8, 4) is 0 Å². The summed E-state index contributed by atoms with van der Waals surface area (Å²) in [6.07, 6.45) is 7.03. The van der Waals surface area contributed by atoms with Crippen LogP contribution in [0.1, 0.15) is 0 Å². The fraction of sp³-hybridized carbons (Fsp3) is 0.0909. The van der Waals surface area contributed by atoms with E-state index in [-0.39, 0.29) is 0 Å². The Kier molecular flexibility index (Phi) is 2.49. The van der Waals surface area contributed by atoms with Gasteiger partial charge in [0.05, 0.1) is 5.57 Å². The van der Waals surface area contributed by atoms with Gasteiger partial charge in [-0.2, -0.15) is 0 Å². The second-order valence-corrected chi connectivity index (χ2v) is 3.19. The predicted molar refractivity (Wildman–Crippen MR) is 58.0 cm³/mol. The van der Waals surface area contributed by atoms with Gasteiger partial charge in [0.15, 0.2) is 0 Å². The molecule has 76 valence electrons. The Morgan fingerprint density at radius 2 is 2.33 bits per heavy atom. The first-order chi connectivity index (χ1) is 7.27. The van der Waals surface area contributed by atoms with Crippen LogP contribution in [0.4, 0.5) is 5.82 Å². The van der Waals surface area contributed by atoms with Gasteiger partial charge in [-0.05, 0) is 12.1 Å². The number of anilines is 1. The molecule has 1 aliphatic rings. The molecule has 0 saturated carbocycles. The summed E-state index contributed by atoms with van der Waals surface area (Å²) in [5, 5.41) is 0. The lowest BCUT2D eigenvalue weighted by Crippen LogP contribution is -2.24. The van der Waals surface area contributed by atoms with Crippen molar-refractivity contribution in [3.05, 3.63) is 48.3 Å². The molecule has 4 nitrogen and oxygen atoms in total. The number of hydrogen-bond acceptors (Lipinski definition) is 3. The highest BCUT2D eigenvalue weighted by atomic mass is 16.1. The zero-order valence-electron chi connectivity index (χ0n) is 8.13. The van der Waals surface area contributed by atoms with Crippen LogP contribution in [0.5, 0.6) is 0 Å². The minimum absolute atomic E-state index is 0.424. The molecule has 1 amide bonds. The molecule has 1 aromatic rings. The number of carbonyl (C=O) groups is 1. The maximum atomic E-state index is 11.0. The van der Waals surface area contributed by atoms with Gasteiger partial charge >= 0.3 is 0 Å². The summed E-state index contributed by atoms with van der Waals surface area (Å²) in [4.78, 5) is 17.1. The van der Waals surface area contributed by atoms with Crippen LogP contribution in [0, 0.1) is 0 Å². The lowest BCUT2D eigenvalue weighted by molar-refractivity contribution is -0.114. The number of carbonyl (C=O) groups excluding carboxylic acids is 1. The molecule has 2 rings (SSSR count). The minimum atomic E-state index is -0.424. The Balaban J connectivity index is 2.27. The third-order valence-corrected chi connectivity index (χ3v) is 2.12. The molecule has 2 heterocycles. The Bertz CT molecular complexity index is 423. The van der Waals surface area contributed by atoms with Crippen LogP contribution < -0.4 is 10.6 Å². The summed E-state index contributed by atoms with van der Waals surface area (Å²) >= 11 is 0. The maximum absolute atomic E-state index is 11.0. The van der Waals surface area contributed by atoms with Crippen molar-refractivity contribution in [1.29, 1.82) is 0 Å². The summed E-state index contributed by atoms with van der Waals surface area (Å²) < 4.78 is 0. The highest BCUT2D eigenvalue weighted by molar-refractivity contribution is 5.95. The molecule has 0 radical (unpaired) electrons. The van der Waals surface area contributed by atoms with Crippen LogP contribution in [-0.2, 0) is 4.79 Å². The highest BCUT2D eigenvalue weighted by Crippen LogP contribution is 2.15. The molecule has 0 saturated heterocycles. The minimum Gasteiger partial charge on any atom is -0.366 e. The number of pyridine rings is 1. The molecule has 1 aliphatic heterocycles.